The average Bonchev–Trinajstić information content (AvgIpc) is 3.33. The Hall–Kier alpha value is -1.73. The fourth-order valence-electron chi connectivity index (χ4n) is 8.77. The van der Waals surface area contributed by atoms with E-state index in [1.54, 1.807) is 0 Å². The van der Waals surface area contributed by atoms with Crippen LogP contribution >= 0.6 is 0 Å². The van der Waals surface area contributed by atoms with E-state index in [4.69, 9.17) is 52.1 Å². The molecule has 0 bridgehead atoms. The summed E-state index contributed by atoms with van der Waals surface area (Å²) in [4.78, 5) is 12.0. The zero-order chi connectivity index (χ0) is 51.6. The van der Waals surface area contributed by atoms with E-state index in [0.29, 0.717) is 0 Å². The van der Waals surface area contributed by atoms with Gasteiger partial charge < -0.3 is 154 Å². The number of carbonyl (C=O) groups is 1. The first kappa shape index (κ1) is 57.5. The molecule has 32 heteroatoms. The van der Waals surface area contributed by atoms with Crippen LogP contribution in [-0.4, -0.2) is 327 Å². The zero-order valence-corrected chi connectivity index (χ0v) is 37.0. The minimum atomic E-state index is -2.30. The maximum absolute atomic E-state index is 12.0. The van der Waals surface area contributed by atoms with Gasteiger partial charge in [0.2, 0.25) is 5.91 Å². The number of nitrogens with one attached hydrogen (secondary N) is 1. The van der Waals surface area contributed by atoms with Gasteiger partial charge in [0.05, 0.1) is 39.6 Å². The second-order valence-corrected chi connectivity index (χ2v) is 17.5. The van der Waals surface area contributed by atoms with Gasteiger partial charge in [-0.1, -0.05) is 0 Å². The molecular formula is C38H65NO31. The summed E-state index contributed by atoms with van der Waals surface area (Å²) in [5.74, 6) is -0.760. The lowest BCUT2D eigenvalue weighted by Gasteiger charge is -2.50. The molecule has 6 aliphatic heterocycles. The summed E-state index contributed by atoms with van der Waals surface area (Å²) in [5, 5.41) is 205. The number of carbonyl (C=O) groups excluding carboxylic acids is 1. The fourth-order valence-corrected chi connectivity index (χ4v) is 8.77. The van der Waals surface area contributed by atoms with Crippen molar-refractivity contribution in [3.8, 4) is 0 Å². The first-order chi connectivity index (χ1) is 33.1. The minimum absolute atomic E-state index is 0.760. The Kier molecular flexibility index (Phi) is 20.3. The smallest absolute Gasteiger partial charge is 0.217 e. The largest absolute Gasteiger partial charge is 0.394 e. The number of aliphatic hydroxyl groups is 19. The highest BCUT2D eigenvalue weighted by atomic mass is 16.8. The van der Waals surface area contributed by atoms with Crippen LogP contribution in [0.4, 0.5) is 0 Å². The lowest BCUT2D eigenvalue weighted by Crippen LogP contribution is -2.69. The van der Waals surface area contributed by atoms with E-state index in [1.165, 1.54) is 0 Å². The average molecular weight is 1030 g/mol. The van der Waals surface area contributed by atoms with Gasteiger partial charge in [0.25, 0.3) is 0 Å². The van der Waals surface area contributed by atoms with Gasteiger partial charge in [-0.15, -0.1) is 0 Å². The van der Waals surface area contributed by atoms with E-state index in [0.717, 1.165) is 6.92 Å². The molecule has 6 fully saturated rings. The Labute approximate surface area is 395 Å². The molecule has 20 N–H and O–H groups in total. The second-order valence-electron chi connectivity index (χ2n) is 17.5. The Bertz CT molecular complexity index is 1630. The highest BCUT2D eigenvalue weighted by Crippen LogP contribution is 2.37. The monoisotopic (exact) mass is 1030 g/mol. The predicted molar refractivity (Wildman–Crippen MR) is 211 cm³/mol. The van der Waals surface area contributed by atoms with Crippen molar-refractivity contribution in [2.24, 2.45) is 0 Å². The highest BCUT2D eigenvalue weighted by Gasteiger charge is 2.58. The lowest BCUT2D eigenvalue weighted by atomic mass is 9.95. The van der Waals surface area contributed by atoms with Gasteiger partial charge >= 0.3 is 0 Å². The summed E-state index contributed by atoms with van der Waals surface area (Å²) in [7, 11) is 0. The van der Waals surface area contributed by atoms with Crippen molar-refractivity contribution in [3.63, 3.8) is 0 Å². The van der Waals surface area contributed by atoms with Crippen LogP contribution < -0.4 is 5.32 Å². The van der Waals surface area contributed by atoms with Crippen molar-refractivity contribution in [1.29, 1.82) is 0 Å². The molecule has 70 heavy (non-hydrogen) atoms. The van der Waals surface area contributed by atoms with Gasteiger partial charge in [0.1, 0.15) is 146 Å². The highest BCUT2D eigenvalue weighted by molar-refractivity contribution is 5.73. The number of rotatable bonds is 17. The summed E-state index contributed by atoms with van der Waals surface area (Å²) in [6.07, 6.45) is -57.2. The van der Waals surface area contributed by atoms with E-state index in [2.05, 4.69) is 5.32 Å². The van der Waals surface area contributed by atoms with Crippen LogP contribution in [-0.2, 0) is 56.9 Å². The standard InChI is InChI=1S/C38H65NO31/c1-8(45)39-15-21(51)29(13(6-44)61-33(15)59)67-36-28(58)30(20(50)14(66-36)7-60-34-26(56)22(52)16(46)9(2-40)62-34)68-37-32(25(55)19(49)11(4-42)64-37)70-38-31(24(54)18(48)12(5-43)65-38)69-35-27(57)23(53)17(47)10(3-41)63-35/h9-38,40-44,46-59H,2-7H2,1H3,(H,39,45)/t9-,10-,11-,12-,13-,14-,15+,16-,17-,18-,19-,20-,21-,22+,23+,24+,25+,26+,27+,28+,29-,30+,31+,32+,33?,34+,35-,36+,37-,38-/m1/s1. The molecule has 0 saturated carbocycles. The topological polar surface area (TPSA) is 515 Å². The second kappa shape index (κ2) is 24.7. The maximum Gasteiger partial charge on any atom is 0.217 e. The van der Waals surface area contributed by atoms with E-state index in [-0.39, 0.29) is 0 Å². The van der Waals surface area contributed by atoms with Crippen LogP contribution in [0, 0.1) is 0 Å². The van der Waals surface area contributed by atoms with Crippen LogP contribution in [0.1, 0.15) is 6.92 Å². The molecule has 6 aliphatic rings. The first-order valence-corrected chi connectivity index (χ1v) is 22.1. The maximum atomic E-state index is 12.0. The van der Waals surface area contributed by atoms with Crippen molar-refractivity contribution in [2.75, 3.05) is 39.6 Å². The molecule has 1 unspecified atom stereocenters. The van der Waals surface area contributed by atoms with Crippen LogP contribution in [0.15, 0.2) is 0 Å². The van der Waals surface area contributed by atoms with Crippen molar-refractivity contribution in [3.05, 3.63) is 0 Å². The number of amides is 1. The minimum Gasteiger partial charge on any atom is -0.394 e. The molecule has 0 aromatic heterocycles. The Balaban J connectivity index is 1.32. The van der Waals surface area contributed by atoms with Gasteiger partial charge in [-0.2, -0.15) is 0 Å². The van der Waals surface area contributed by atoms with Gasteiger partial charge in [-0.25, -0.2) is 0 Å². The zero-order valence-electron chi connectivity index (χ0n) is 37.0. The third-order valence-electron chi connectivity index (χ3n) is 12.8. The normalized spacial score (nSPS) is 51.5. The van der Waals surface area contributed by atoms with Gasteiger partial charge in [-0.3, -0.25) is 4.79 Å². The van der Waals surface area contributed by atoms with Crippen LogP contribution in [0.5, 0.6) is 0 Å². The molecule has 0 radical (unpaired) electrons. The van der Waals surface area contributed by atoms with E-state index in [9.17, 15) is 102 Å². The van der Waals surface area contributed by atoms with Crippen LogP contribution in [0.3, 0.4) is 0 Å². The molecule has 0 spiro atoms. The predicted octanol–water partition coefficient (Wildman–Crippen LogP) is -14.0. The van der Waals surface area contributed by atoms with Crippen LogP contribution in [0.2, 0.25) is 0 Å². The summed E-state index contributed by atoms with van der Waals surface area (Å²) < 4.78 is 62.4. The summed E-state index contributed by atoms with van der Waals surface area (Å²) in [6, 6.07) is -1.62. The molecule has 0 aromatic carbocycles. The SMILES string of the molecule is CC(=O)N[C@@H]1C(O)O[C@H](CO)[C@@H](O[C@@H]2O[C@H](CO[C@H]3O[C@H](CO)[C@@H](O)[C@H](O)[C@@H]3O)[C@@H](O)[C@H](O[C@H]3O[C@H](CO)[C@@H](O)[C@H](O)[C@@H]3O[C@H]3O[C@H](CO)[C@@H](O)[C@H](O)[C@@H]3O[C@H]3O[C@H](CO)[C@@H](O)[C@H](O)[C@@H]3O)[C@@H]2O)[C@@H]1O. The van der Waals surface area contributed by atoms with E-state index < -0.39 is 230 Å². The molecular weight excluding hydrogens is 966 g/mol. The van der Waals surface area contributed by atoms with Gasteiger partial charge in [0, 0.05) is 6.92 Å². The van der Waals surface area contributed by atoms with Crippen molar-refractivity contribution in [1.82, 2.24) is 5.32 Å². The Morgan fingerprint density at radius 2 is 0.743 bits per heavy atom. The number of hydrogen-bond donors (Lipinski definition) is 20. The number of hydrogen-bond acceptors (Lipinski definition) is 31. The molecule has 6 rings (SSSR count). The van der Waals surface area contributed by atoms with E-state index >= 15 is 0 Å². The molecule has 30 atom stereocenters. The molecule has 6 heterocycles. The molecule has 6 saturated heterocycles. The molecule has 408 valence electrons. The first-order valence-electron chi connectivity index (χ1n) is 22.1. The summed E-state index contributed by atoms with van der Waals surface area (Å²) >= 11 is 0. The van der Waals surface area contributed by atoms with Crippen molar-refractivity contribution in [2.45, 2.75) is 191 Å². The van der Waals surface area contributed by atoms with Gasteiger partial charge in [0.15, 0.2) is 37.7 Å². The molecule has 0 aromatic rings. The molecule has 1 amide bonds. The third-order valence-corrected chi connectivity index (χ3v) is 12.8. The number of aliphatic hydroxyl groups excluding tert-OH is 19. The fraction of sp³-hybridized carbons (Fsp3) is 0.974. The Morgan fingerprint density at radius 1 is 0.371 bits per heavy atom. The van der Waals surface area contributed by atoms with Crippen LogP contribution in [0.25, 0.3) is 0 Å². The van der Waals surface area contributed by atoms with Crippen molar-refractivity contribution < 1.29 is 154 Å². The molecule has 0 aliphatic carbocycles. The third kappa shape index (κ3) is 12.0. The molecule has 32 nitrogen and oxygen atoms in total. The van der Waals surface area contributed by atoms with Gasteiger partial charge in [-0.05, 0) is 0 Å². The lowest BCUT2D eigenvalue weighted by molar-refractivity contribution is -0.407. The Morgan fingerprint density at radius 3 is 1.21 bits per heavy atom. The van der Waals surface area contributed by atoms with E-state index in [1.807, 2.05) is 0 Å². The quantitative estimate of drug-likeness (QED) is 0.0643. The number of ether oxygens (including phenoxy) is 11. The summed E-state index contributed by atoms with van der Waals surface area (Å²) in [5.41, 5.74) is 0. The summed E-state index contributed by atoms with van der Waals surface area (Å²) in [6.45, 7) is -4.70. The van der Waals surface area contributed by atoms with Crippen molar-refractivity contribution >= 4 is 5.91 Å².